The standard InChI is InChI=1S/C29H44BN5O2P/c1-22-5-8-27(28(36)31-22)35-21-24-19-25(6-7-26(24)29(35)37)34-16-14-33(15-17-34)20-23-9-12-32(13-10-23)11-3-4-18-38-30-2/h6-7,19,23,27,38H,1,3-5,8-18,20-21H2,2H3,(H,31,36). The molecular formula is C29H44BN5O2P. The van der Waals surface area contributed by atoms with Crippen LogP contribution < -0.4 is 10.2 Å². The highest BCUT2D eigenvalue weighted by atomic mass is 31.1. The molecule has 2 amide bonds. The number of allylic oxidation sites excluding steroid dienone is 1. The molecule has 4 heterocycles. The topological polar surface area (TPSA) is 59.1 Å². The number of nitrogens with zero attached hydrogens (tertiary/aromatic N) is 4. The molecule has 38 heavy (non-hydrogen) atoms. The predicted molar refractivity (Wildman–Crippen MR) is 158 cm³/mol. The molecule has 2 unspecified atom stereocenters. The fraction of sp³-hybridized carbons (Fsp3) is 0.655. The molecule has 0 aliphatic carbocycles. The number of piperazine rings is 1. The molecule has 1 radical (unpaired) electrons. The van der Waals surface area contributed by atoms with Crippen molar-refractivity contribution < 1.29 is 9.59 Å². The van der Waals surface area contributed by atoms with Crippen LogP contribution in [0.5, 0.6) is 0 Å². The first-order chi connectivity index (χ1) is 18.5. The second-order valence-corrected chi connectivity index (χ2v) is 12.9. The summed E-state index contributed by atoms with van der Waals surface area (Å²) in [6.07, 6.45) is 8.16. The van der Waals surface area contributed by atoms with Crippen LogP contribution in [0.15, 0.2) is 30.5 Å². The summed E-state index contributed by atoms with van der Waals surface area (Å²) in [5.41, 5.74) is 3.73. The van der Waals surface area contributed by atoms with Crippen molar-refractivity contribution in [3.8, 4) is 0 Å². The van der Waals surface area contributed by atoms with Crippen LogP contribution in [-0.2, 0) is 11.3 Å². The molecule has 3 fully saturated rings. The van der Waals surface area contributed by atoms with Crippen molar-refractivity contribution in [1.82, 2.24) is 20.0 Å². The number of benzene rings is 1. The zero-order chi connectivity index (χ0) is 26.5. The van der Waals surface area contributed by atoms with Gasteiger partial charge in [0.05, 0.1) is 0 Å². The summed E-state index contributed by atoms with van der Waals surface area (Å²) < 4.78 is 0. The third-order valence-corrected chi connectivity index (χ3v) is 9.88. The lowest BCUT2D eigenvalue weighted by Crippen LogP contribution is -2.49. The van der Waals surface area contributed by atoms with E-state index in [2.05, 4.69) is 52.6 Å². The monoisotopic (exact) mass is 536 g/mol. The fourth-order valence-corrected chi connectivity index (χ4v) is 7.23. The third-order valence-electron chi connectivity index (χ3n) is 8.83. The molecule has 1 aromatic rings. The lowest BCUT2D eigenvalue weighted by atomic mass is 9.95. The van der Waals surface area contributed by atoms with Crippen LogP contribution in [-0.4, -0.2) is 98.1 Å². The average molecular weight is 536 g/mol. The summed E-state index contributed by atoms with van der Waals surface area (Å²) in [5, 5.41) is 2.82. The number of amides is 2. The Kier molecular flexibility index (Phi) is 9.45. The van der Waals surface area contributed by atoms with Crippen molar-refractivity contribution in [3.05, 3.63) is 41.6 Å². The molecule has 4 aliphatic rings. The number of unbranched alkanes of at least 4 members (excludes halogenated alkanes) is 1. The number of carbonyl (C=O) groups excluding carboxylic acids is 2. The maximum absolute atomic E-state index is 13.1. The lowest BCUT2D eigenvalue weighted by Gasteiger charge is -2.39. The van der Waals surface area contributed by atoms with Crippen molar-refractivity contribution in [1.29, 1.82) is 0 Å². The maximum atomic E-state index is 13.1. The van der Waals surface area contributed by atoms with Gasteiger partial charge in [0, 0.05) is 56.2 Å². The Labute approximate surface area is 231 Å². The number of hydrogen-bond donors (Lipinski definition) is 1. The van der Waals surface area contributed by atoms with E-state index in [1.807, 2.05) is 6.07 Å². The van der Waals surface area contributed by atoms with Crippen molar-refractivity contribution in [3.63, 3.8) is 0 Å². The molecule has 9 heteroatoms. The van der Waals surface area contributed by atoms with Gasteiger partial charge in [0.1, 0.15) is 13.0 Å². The third kappa shape index (κ3) is 6.63. The van der Waals surface area contributed by atoms with Crippen molar-refractivity contribution >= 4 is 33.0 Å². The van der Waals surface area contributed by atoms with Gasteiger partial charge in [-0.25, -0.2) is 0 Å². The molecule has 7 nitrogen and oxygen atoms in total. The van der Waals surface area contributed by atoms with Crippen molar-refractivity contribution in [2.24, 2.45) is 5.92 Å². The zero-order valence-electron chi connectivity index (χ0n) is 23.1. The van der Waals surface area contributed by atoms with E-state index in [0.29, 0.717) is 13.0 Å². The minimum Gasteiger partial charge on any atom is -0.369 e. The minimum atomic E-state index is -0.399. The Morgan fingerprint density at radius 2 is 1.82 bits per heavy atom. The van der Waals surface area contributed by atoms with Crippen LogP contribution in [0, 0.1) is 5.92 Å². The van der Waals surface area contributed by atoms with Crippen molar-refractivity contribution in [2.45, 2.75) is 57.9 Å². The second kappa shape index (κ2) is 13.0. The van der Waals surface area contributed by atoms with Crippen LogP contribution >= 0.6 is 8.46 Å². The number of carbonyl (C=O) groups is 2. The molecule has 0 bridgehead atoms. The van der Waals surface area contributed by atoms with Crippen LogP contribution in [0.25, 0.3) is 0 Å². The van der Waals surface area contributed by atoms with E-state index in [4.69, 9.17) is 0 Å². The Morgan fingerprint density at radius 1 is 1.03 bits per heavy atom. The number of anilines is 1. The van der Waals surface area contributed by atoms with Gasteiger partial charge >= 0.3 is 0 Å². The van der Waals surface area contributed by atoms with E-state index in [1.165, 1.54) is 63.7 Å². The Hall–Kier alpha value is -1.89. The van der Waals surface area contributed by atoms with E-state index in [9.17, 15) is 9.59 Å². The molecular weight excluding hydrogens is 492 g/mol. The summed E-state index contributed by atoms with van der Waals surface area (Å²) >= 11 is 0. The first-order valence-electron chi connectivity index (χ1n) is 14.6. The average Bonchev–Trinajstić information content (AvgIpc) is 3.25. The predicted octanol–water partition coefficient (Wildman–Crippen LogP) is 3.39. The largest absolute Gasteiger partial charge is 0.369 e. The Balaban J connectivity index is 1.06. The zero-order valence-corrected chi connectivity index (χ0v) is 24.1. The minimum absolute atomic E-state index is 0.0226. The molecule has 205 valence electrons. The number of fused-ring (bicyclic) bond motifs is 1. The highest BCUT2D eigenvalue weighted by molar-refractivity contribution is 7.70. The molecule has 0 aromatic heterocycles. The normalized spacial score (nSPS) is 23.9. The van der Waals surface area contributed by atoms with Crippen LogP contribution in [0.2, 0.25) is 6.82 Å². The van der Waals surface area contributed by atoms with Crippen molar-refractivity contribution in [2.75, 3.05) is 63.4 Å². The van der Waals surface area contributed by atoms with Gasteiger partial charge in [-0.15, -0.1) is 0 Å². The highest BCUT2D eigenvalue weighted by Gasteiger charge is 2.38. The molecule has 4 aliphatic heterocycles. The number of rotatable bonds is 10. The summed E-state index contributed by atoms with van der Waals surface area (Å²) in [5.74, 6) is 0.705. The number of nitrogens with one attached hydrogen (secondary N) is 1. The van der Waals surface area contributed by atoms with E-state index < -0.39 is 6.04 Å². The Morgan fingerprint density at radius 3 is 2.55 bits per heavy atom. The van der Waals surface area contributed by atoms with Gasteiger partial charge in [0.15, 0.2) is 0 Å². The van der Waals surface area contributed by atoms with E-state index in [-0.39, 0.29) is 11.8 Å². The van der Waals surface area contributed by atoms with Crippen LogP contribution in [0.4, 0.5) is 5.69 Å². The summed E-state index contributed by atoms with van der Waals surface area (Å²) in [7, 11) is 1.04. The number of likely N-dealkylation sites (tertiary alicyclic amines) is 1. The molecule has 1 N–H and O–H groups in total. The quantitative estimate of drug-likeness (QED) is 0.282. The first-order valence-corrected chi connectivity index (χ1v) is 15.9. The van der Waals surface area contributed by atoms with E-state index in [0.717, 1.165) is 63.8 Å². The van der Waals surface area contributed by atoms with Gasteiger partial charge in [0.25, 0.3) is 5.91 Å². The molecule has 0 spiro atoms. The number of hydrogen-bond acceptors (Lipinski definition) is 5. The Bertz CT molecular complexity index is 1010. The molecule has 2 atom stereocenters. The molecule has 5 rings (SSSR count). The second-order valence-electron chi connectivity index (χ2n) is 11.4. The summed E-state index contributed by atoms with van der Waals surface area (Å²) in [6.45, 7) is 18.2. The summed E-state index contributed by atoms with van der Waals surface area (Å²) in [6, 6.07) is 5.84. The molecule has 3 saturated heterocycles. The van der Waals surface area contributed by atoms with E-state index >= 15 is 0 Å². The fourth-order valence-electron chi connectivity index (χ4n) is 6.49. The van der Waals surface area contributed by atoms with Gasteiger partial charge in [0.2, 0.25) is 5.91 Å². The van der Waals surface area contributed by atoms with E-state index in [1.54, 1.807) is 4.90 Å². The van der Waals surface area contributed by atoms with Gasteiger partial charge in [-0.05, 0) is 94.0 Å². The van der Waals surface area contributed by atoms with Crippen LogP contribution in [0.1, 0.15) is 54.4 Å². The van der Waals surface area contributed by atoms with Crippen LogP contribution in [0.3, 0.4) is 0 Å². The number of piperidine rings is 2. The van der Waals surface area contributed by atoms with Gasteiger partial charge < -0.3 is 20.0 Å². The SMILES string of the molecule is C=C1CCC(N2Cc3cc(N4CCN(CC5CCN(CCCCP[B]C)CC5)CC4)ccc3C2=O)C(=O)N1. The first kappa shape index (κ1) is 27.7. The highest BCUT2D eigenvalue weighted by Crippen LogP contribution is 2.31. The van der Waals surface area contributed by atoms with Gasteiger partial charge in [-0.1, -0.05) is 13.4 Å². The maximum Gasteiger partial charge on any atom is 0.255 e. The summed E-state index contributed by atoms with van der Waals surface area (Å²) in [4.78, 5) is 35.1. The smallest absolute Gasteiger partial charge is 0.255 e. The lowest BCUT2D eigenvalue weighted by molar-refractivity contribution is -0.126. The van der Waals surface area contributed by atoms with Gasteiger partial charge in [-0.3, -0.25) is 14.5 Å². The van der Waals surface area contributed by atoms with Gasteiger partial charge in [-0.2, -0.15) is 8.46 Å². The molecule has 0 saturated carbocycles. The molecule has 1 aromatic carbocycles.